The number of aromatic nitrogens is 2. The number of piperazine rings is 1. The molecule has 4 aromatic rings. The Kier molecular flexibility index (Phi) is 7.26. The van der Waals surface area contributed by atoms with Gasteiger partial charge in [0, 0.05) is 56.3 Å². The maximum absolute atomic E-state index is 13.1. The van der Waals surface area contributed by atoms with Crippen molar-refractivity contribution >= 4 is 34.5 Å². The second kappa shape index (κ2) is 10.8. The zero-order valence-electron chi connectivity index (χ0n) is 21.7. The standard InChI is InChI=1S/C28H24F3N5O5/c1-34-22-15-21(8-4-18(22)14-23(34)26(38)35-10-12-36(13-11-35)27(39)40)41-24-9-7-20(16-32-24)33-25(37)17-2-5-19(6-3-17)28(29,30)31/h2-9,14-16H,10-13H2,1H3,(H,33,37)(H,39,40). The Labute approximate surface area is 231 Å². The Hall–Kier alpha value is -5.07. The smallest absolute Gasteiger partial charge is 0.416 e. The molecular weight excluding hydrogens is 543 g/mol. The Morgan fingerprint density at radius 1 is 0.927 bits per heavy atom. The molecule has 10 nitrogen and oxygen atoms in total. The van der Waals surface area contributed by atoms with Crippen molar-refractivity contribution in [2.24, 2.45) is 7.05 Å². The lowest BCUT2D eigenvalue weighted by Crippen LogP contribution is -2.50. The average Bonchev–Trinajstić information content (AvgIpc) is 3.29. The first-order valence-corrected chi connectivity index (χ1v) is 12.5. The van der Waals surface area contributed by atoms with Gasteiger partial charge in [0.2, 0.25) is 5.88 Å². The number of carboxylic acid groups (broad SMARTS) is 1. The summed E-state index contributed by atoms with van der Waals surface area (Å²) < 4.78 is 45.8. The molecule has 1 saturated heterocycles. The van der Waals surface area contributed by atoms with Crippen molar-refractivity contribution in [2.45, 2.75) is 6.18 Å². The lowest BCUT2D eigenvalue weighted by Gasteiger charge is -2.33. The largest absolute Gasteiger partial charge is 0.465 e. The predicted octanol–water partition coefficient (Wildman–Crippen LogP) is 5.07. The van der Waals surface area contributed by atoms with Crippen LogP contribution < -0.4 is 10.1 Å². The first-order chi connectivity index (χ1) is 19.5. The molecule has 0 spiro atoms. The molecular formula is C28H24F3N5O5. The molecule has 1 aliphatic rings. The molecule has 2 aromatic heterocycles. The van der Waals surface area contributed by atoms with Crippen molar-refractivity contribution in [1.82, 2.24) is 19.4 Å². The fourth-order valence-electron chi connectivity index (χ4n) is 4.49. The highest BCUT2D eigenvalue weighted by Gasteiger charge is 2.30. The maximum Gasteiger partial charge on any atom is 0.416 e. The third-order valence-electron chi connectivity index (χ3n) is 6.76. The zero-order chi connectivity index (χ0) is 29.3. The van der Waals surface area contributed by atoms with E-state index in [2.05, 4.69) is 10.3 Å². The van der Waals surface area contributed by atoms with Gasteiger partial charge >= 0.3 is 12.3 Å². The van der Waals surface area contributed by atoms with Crippen molar-refractivity contribution in [1.29, 1.82) is 0 Å². The number of ether oxygens (including phenoxy) is 1. The van der Waals surface area contributed by atoms with Crippen LogP contribution in [0.2, 0.25) is 0 Å². The molecule has 5 rings (SSSR count). The Bertz CT molecular complexity index is 1610. The summed E-state index contributed by atoms with van der Waals surface area (Å²) >= 11 is 0. The highest BCUT2D eigenvalue weighted by atomic mass is 19.4. The van der Waals surface area contributed by atoms with E-state index < -0.39 is 23.7 Å². The number of hydrogen-bond acceptors (Lipinski definition) is 5. The number of hydrogen-bond donors (Lipinski definition) is 2. The van der Waals surface area contributed by atoms with Crippen molar-refractivity contribution < 1.29 is 37.4 Å². The highest BCUT2D eigenvalue weighted by molar-refractivity contribution is 6.04. The summed E-state index contributed by atoms with van der Waals surface area (Å²) in [5.74, 6) is -0.0789. The lowest BCUT2D eigenvalue weighted by molar-refractivity contribution is -0.137. The van der Waals surface area contributed by atoms with E-state index in [4.69, 9.17) is 9.84 Å². The summed E-state index contributed by atoms with van der Waals surface area (Å²) in [5, 5.41) is 12.5. The van der Waals surface area contributed by atoms with Gasteiger partial charge < -0.3 is 29.5 Å². The molecule has 0 saturated carbocycles. The van der Waals surface area contributed by atoms with E-state index in [1.807, 2.05) is 6.07 Å². The molecule has 0 bridgehead atoms. The van der Waals surface area contributed by atoms with E-state index in [0.29, 0.717) is 30.2 Å². The minimum Gasteiger partial charge on any atom is -0.465 e. The second-order valence-electron chi connectivity index (χ2n) is 9.39. The molecule has 0 unspecified atom stereocenters. The van der Waals surface area contributed by atoms with Gasteiger partial charge in [0.15, 0.2) is 0 Å². The van der Waals surface area contributed by atoms with E-state index >= 15 is 0 Å². The molecule has 0 atom stereocenters. The van der Waals surface area contributed by atoms with Crippen molar-refractivity contribution in [3.63, 3.8) is 0 Å². The van der Waals surface area contributed by atoms with Crippen LogP contribution >= 0.6 is 0 Å². The van der Waals surface area contributed by atoms with Crippen LogP contribution in [0.1, 0.15) is 26.4 Å². The van der Waals surface area contributed by atoms with Crippen molar-refractivity contribution in [3.8, 4) is 11.6 Å². The van der Waals surface area contributed by atoms with Crippen molar-refractivity contribution in [3.05, 3.63) is 83.7 Å². The SMILES string of the molecule is Cn1c(C(=O)N2CCN(C(=O)O)CC2)cc2ccc(Oc3ccc(NC(=O)c4ccc(C(F)(F)F)cc4)cn3)cc21. The first kappa shape index (κ1) is 27.5. The van der Waals surface area contributed by atoms with E-state index in [9.17, 15) is 27.6 Å². The second-order valence-corrected chi connectivity index (χ2v) is 9.39. The normalized spacial score (nSPS) is 13.8. The first-order valence-electron chi connectivity index (χ1n) is 12.5. The van der Waals surface area contributed by atoms with Crippen LogP contribution in [0.4, 0.5) is 23.7 Å². The Morgan fingerprint density at radius 3 is 2.22 bits per heavy atom. The van der Waals surface area contributed by atoms with Crippen LogP contribution in [0.25, 0.3) is 10.9 Å². The molecule has 0 aliphatic carbocycles. The Balaban J connectivity index is 1.23. The summed E-state index contributed by atoms with van der Waals surface area (Å²) in [5.41, 5.74) is 0.759. The number of benzene rings is 2. The number of halogens is 3. The number of nitrogens with zero attached hydrogens (tertiary/aromatic N) is 4. The number of anilines is 1. The van der Waals surface area contributed by atoms with Gasteiger partial charge in [0.1, 0.15) is 11.4 Å². The summed E-state index contributed by atoms with van der Waals surface area (Å²) in [6, 6.07) is 14.0. The minimum absolute atomic E-state index is 0.0644. The van der Waals surface area contributed by atoms with Gasteiger partial charge in [-0.15, -0.1) is 0 Å². The number of pyridine rings is 1. The number of rotatable bonds is 5. The highest BCUT2D eigenvalue weighted by Crippen LogP contribution is 2.30. The fourth-order valence-corrected chi connectivity index (χ4v) is 4.49. The van der Waals surface area contributed by atoms with Crippen LogP contribution in [0.3, 0.4) is 0 Å². The number of carbonyl (C=O) groups is 3. The topological polar surface area (TPSA) is 117 Å². The molecule has 3 amide bonds. The molecule has 1 aliphatic heterocycles. The zero-order valence-corrected chi connectivity index (χ0v) is 21.7. The van der Waals surface area contributed by atoms with Crippen molar-refractivity contribution in [2.75, 3.05) is 31.5 Å². The van der Waals surface area contributed by atoms with E-state index in [0.717, 1.165) is 35.2 Å². The summed E-state index contributed by atoms with van der Waals surface area (Å²) in [6.07, 6.45) is -4.12. The van der Waals surface area contributed by atoms with E-state index in [-0.39, 0.29) is 30.4 Å². The summed E-state index contributed by atoms with van der Waals surface area (Å²) in [6.45, 7) is 1.14. The van der Waals surface area contributed by atoms with Crippen LogP contribution in [0.15, 0.2) is 66.9 Å². The van der Waals surface area contributed by atoms with Crippen LogP contribution in [0, 0.1) is 0 Å². The molecule has 13 heteroatoms. The predicted molar refractivity (Wildman–Crippen MR) is 142 cm³/mol. The van der Waals surface area contributed by atoms with Gasteiger partial charge in [-0.1, -0.05) is 0 Å². The number of carbonyl (C=O) groups excluding carboxylic acids is 2. The quantitative estimate of drug-likeness (QED) is 0.348. The molecule has 2 aromatic carbocycles. The van der Waals surface area contributed by atoms with Crippen LogP contribution in [-0.4, -0.2) is 68.5 Å². The monoisotopic (exact) mass is 567 g/mol. The molecule has 3 heterocycles. The maximum atomic E-state index is 13.1. The number of alkyl halides is 3. The van der Waals surface area contributed by atoms with Gasteiger partial charge in [0.05, 0.1) is 23.0 Å². The van der Waals surface area contributed by atoms with Crippen LogP contribution in [0.5, 0.6) is 11.6 Å². The lowest BCUT2D eigenvalue weighted by atomic mass is 10.1. The number of fused-ring (bicyclic) bond motifs is 1. The number of aryl methyl sites for hydroxylation is 1. The molecule has 1 fully saturated rings. The van der Waals surface area contributed by atoms with E-state index in [1.165, 1.54) is 17.2 Å². The van der Waals surface area contributed by atoms with Gasteiger partial charge in [0.25, 0.3) is 11.8 Å². The number of nitrogens with one attached hydrogen (secondary N) is 1. The van der Waals surface area contributed by atoms with Gasteiger partial charge in [-0.2, -0.15) is 13.2 Å². The Morgan fingerprint density at radius 2 is 1.61 bits per heavy atom. The number of amides is 3. The minimum atomic E-state index is -4.49. The third kappa shape index (κ3) is 5.93. The molecule has 0 radical (unpaired) electrons. The molecule has 2 N–H and O–H groups in total. The fraction of sp³-hybridized carbons (Fsp3) is 0.214. The van der Waals surface area contributed by atoms with Gasteiger partial charge in [-0.05, 0) is 48.5 Å². The van der Waals surface area contributed by atoms with Gasteiger partial charge in [-0.25, -0.2) is 9.78 Å². The average molecular weight is 568 g/mol. The van der Waals surface area contributed by atoms with Gasteiger partial charge in [-0.3, -0.25) is 9.59 Å². The van der Waals surface area contributed by atoms with Crippen LogP contribution in [-0.2, 0) is 13.2 Å². The third-order valence-corrected chi connectivity index (χ3v) is 6.76. The summed E-state index contributed by atoms with van der Waals surface area (Å²) in [7, 11) is 1.76. The summed E-state index contributed by atoms with van der Waals surface area (Å²) in [4.78, 5) is 43.7. The van der Waals surface area contributed by atoms with E-state index in [1.54, 1.807) is 40.8 Å². The molecule has 41 heavy (non-hydrogen) atoms. The molecule has 212 valence electrons.